The summed E-state index contributed by atoms with van der Waals surface area (Å²) >= 11 is 3.47. The molecule has 1 aromatic heterocycles. The van der Waals surface area contributed by atoms with Crippen LogP contribution in [0.4, 0.5) is 4.79 Å². The number of nitrogens with zero attached hydrogens (tertiary/aromatic N) is 3. The summed E-state index contributed by atoms with van der Waals surface area (Å²) in [7, 11) is 1.49. The number of methoxy groups -OCH3 is 1. The molecule has 1 N–H and O–H groups in total. The maximum absolute atomic E-state index is 13.9. The van der Waals surface area contributed by atoms with E-state index in [0.29, 0.717) is 37.8 Å². The minimum atomic E-state index is -1.36. The minimum Gasteiger partial charge on any atom is -0.496 e. The van der Waals surface area contributed by atoms with Gasteiger partial charge in [0.1, 0.15) is 24.0 Å². The molecule has 1 heterocycles. The number of ether oxygens (including phenoxy) is 3. The second kappa shape index (κ2) is 14.6. The summed E-state index contributed by atoms with van der Waals surface area (Å²) in [4.78, 5) is 43.5. The average Bonchev–Trinajstić information content (AvgIpc) is 3.40. The van der Waals surface area contributed by atoms with Crippen LogP contribution in [0.3, 0.4) is 0 Å². The van der Waals surface area contributed by atoms with Gasteiger partial charge in [-0.25, -0.2) is 14.4 Å². The quantitative estimate of drug-likeness (QED) is 0.144. The number of amides is 1. The van der Waals surface area contributed by atoms with Crippen LogP contribution in [0.25, 0.3) is 27.5 Å². The Morgan fingerprint density at radius 1 is 1.11 bits per heavy atom. The van der Waals surface area contributed by atoms with Crippen molar-refractivity contribution in [3.05, 3.63) is 111 Å². The van der Waals surface area contributed by atoms with E-state index in [2.05, 4.69) is 32.2 Å². The molecular weight excluding hydrogens is 652 g/mol. The van der Waals surface area contributed by atoms with Gasteiger partial charge < -0.3 is 19.5 Å². The molecule has 4 aromatic rings. The second-order valence-electron chi connectivity index (χ2n) is 11.2. The lowest BCUT2D eigenvalue weighted by molar-refractivity contribution is -0.147. The third-order valence-electron chi connectivity index (χ3n) is 6.66. The number of halogens is 1. The Morgan fingerprint density at radius 3 is 2.50 bits per heavy atom. The Balaban J connectivity index is 1.71. The van der Waals surface area contributed by atoms with Crippen molar-refractivity contribution in [3.8, 4) is 11.8 Å². The van der Waals surface area contributed by atoms with E-state index in [0.717, 1.165) is 5.56 Å². The largest absolute Gasteiger partial charge is 0.496 e. The molecule has 0 bridgehead atoms. The molecule has 46 heavy (non-hydrogen) atoms. The lowest BCUT2D eigenvalue weighted by Gasteiger charge is -2.23. The molecule has 0 aliphatic rings. The van der Waals surface area contributed by atoms with Crippen molar-refractivity contribution in [2.45, 2.75) is 45.4 Å². The zero-order chi connectivity index (χ0) is 33.4. The van der Waals surface area contributed by atoms with E-state index < -0.39 is 36.0 Å². The van der Waals surface area contributed by atoms with Crippen LogP contribution < -0.4 is 10.1 Å². The van der Waals surface area contributed by atoms with Gasteiger partial charge in [0.05, 0.1) is 37.3 Å². The minimum absolute atomic E-state index is 0.0549. The van der Waals surface area contributed by atoms with Gasteiger partial charge in [0.25, 0.3) is 0 Å². The Hall–Kier alpha value is -5.39. The number of alkyl carbamates (subject to hydrolysis) is 1. The van der Waals surface area contributed by atoms with Gasteiger partial charge in [-0.2, -0.15) is 5.26 Å². The zero-order valence-corrected chi connectivity index (χ0v) is 27.3. The Morgan fingerprint density at radius 2 is 1.85 bits per heavy atom. The Labute approximate surface area is 275 Å². The molecule has 0 spiro atoms. The van der Waals surface area contributed by atoms with Gasteiger partial charge in [0.2, 0.25) is 5.91 Å². The first-order chi connectivity index (χ1) is 21.9. The van der Waals surface area contributed by atoms with E-state index in [1.54, 1.807) is 87.5 Å². The van der Waals surface area contributed by atoms with Gasteiger partial charge in [-0.3, -0.25) is 9.36 Å². The van der Waals surface area contributed by atoms with Crippen LogP contribution in [0.2, 0.25) is 0 Å². The lowest BCUT2D eigenvalue weighted by Crippen LogP contribution is -2.45. The molecule has 4 rings (SSSR count). The molecule has 0 fully saturated rings. The lowest BCUT2D eigenvalue weighted by atomic mass is 10.1. The summed E-state index contributed by atoms with van der Waals surface area (Å²) in [5.74, 6) is -0.885. The summed E-state index contributed by atoms with van der Waals surface area (Å²) in [6.07, 6.45) is 1.77. The van der Waals surface area contributed by atoms with E-state index in [1.165, 1.54) is 17.9 Å². The maximum Gasteiger partial charge on any atom is 0.408 e. The molecule has 234 valence electrons. The fourth-order valence-corrected chi connectivity index (χ4v) is 4.95. The monoisotopic (exact) mass is 682 g/mol. The number of hydrogen-bond acceptors (Lipinski definition) is 7. The van der Waals surface area contributed by atoms with Gasteiger partial charge in [0, 0.05) is 21.8 Å². The molecule has 0 saturated carbocycles. The predicted molar refractivity (Wildman–Crippen MR) is 176 cm³/mol. The van der Waals surface area contributed by atoms with E-state index >= 15 is 0 Å². The highest BCUT2D eigenvalue weighted by Gasteiger charge is 2.29. The van der Waals surface area contributed by atoms with Crippen LogP contribution in [0.15, 0.2) is 77.4 Å². The van der Waals surface area contributed by atoms with Crippen LogP contribution in [-0.4, -0.2) is 41.3 Å². The van der Waals surface area contributed by atoms with E-state index in [9.17, 15) is 19.6 Å². The summed E-state index contributed by atoms with van der Waals surface area (Å²) in [5, 5.41) is 12.5. The molecular formula is C35H31BrN4O6. The third-order valence-corrected chi connectivity index (χ3v) is 7.15. The Kier molecular flexibility index (Phi) is 10.6. The highest BCUT2D eigenvalue weighted by atomic mass is 79.9. The normalized spacial score (nSPS) is 12.0. The number of nitriles is 1. The number of hydrogen-bond donors (Lipinski definition) is 1. The molecule has 3 aromatic carbocycles. The smallest absolute Gasteiger partial charge is 0.408 e. The van der Waals surface area contributed by atoms with Crippen molar-refractivity contribution >= 4 is 56.6 Å². The fraction of sp³-hybridized carbons (Fsp3) is 0.229. The van der Waals surface area contributed by atoms with Gasteiger partial charge in [-0.05, 0) is 74.2 Å². The van der Waals surface area contributed by atoms with Crippen molar-refractivity contribution in [1.82, 2.24) is 9.88 Å². The second-order valence-corrected chi connectivity index (χ2v) is 12.1. The van der Waals surface area contributed by atoms with Crippen molar-refractivity contribution in [2.24, 2.45) is 0 Å². The number of benzene rings is 3. The van der Waals surface area contributed by atoms with Gasteiger partial charge in [-0.1, -0.05) is 46.3 Å². The van der Waals surface area contributed by atoms with Gasteiger partial charge in [0.15, 0.2) is 5.70 Å². The number of carbonyl (C=O) groups is 3. The SMILES string of the molecule is [C-]#[N+]/C(=C\c1cc(C#N)ccc1OC)c1cn(C(=O)C[C@H](NC(=O)OC(C)(C)C)C(=O)OCc2ccccc2)c2ccc(Br)cc12. The molecule has 0 radical (unpaired) electrons. The van der Waals surface area contributed by atoms with Crippen LogP contribution >= 0.6 is 15.9 Å². The van der Waals surface area contributed by atoms with Crippen LogP contribution in [0.5, 0.6) is 5.75 Å². The standard InChI is InChI=1S/C35H31BrN4O6/c1-35(2,3)46-34(43)39-29(33(42)45-21-22-9-7-6-8-10-22)18-32(41)40-20-27(26-17-25(36)12-13-30(26)40)28(38-4)16-24-15-23(19-37)11-14-31(24)44-5/h6-17,20,29H,18,21H2,1-3,5H3,(H,39,43)/b28-16-/t29-/m0/s1. The van der Waals surface area contributed by atoms with E-state index in [4.69, 9.17) is 20.8 Å². The maximum atomic E-state index is 13.9. The van der Waals surface area contributed by atoms with Crippen LogP contribution in [0, 0.1) is 17.9 Å². The number of aromatic nitrogens is 1. The first kappa shape index (κ1) is 33.5. The summed E-state index contributed by atoms with van der Waals surface area (Å²) in [6, 6.07) is 19.8. The van der Waals surface area contributed by atoms with Gasteiger partial charge in [-0.15, -0.1) is 0 Å². The number of rotatable bonds is 9. The first-order valence-corrected chi connectivity index (χ1v) is 14.9. The number of carbonyl (C=O) groups excluding carboxylic acids is 3. The van der Waals surface area contributed by atoms with E-state index in [-0.39, 0.29) is 12.3 Å². The molecule has 11 heteroatoms. The van der Waals surface area contributed by atoms with Crippen LogP contribution in [0.1, 0.15) is 54.2 Å². The summed E-state index contributed by atoms with van der Waals surface area (Å²) in [5.41, 5.74) is 1.89. The molecule has 1 atom stereocenters. The van der Waals surface area contributed by atoms with E-state index in [1.807, 2.05) is 6.07 Å². The highest BCUT2D eigenvalue weighted by Crippen LogP contribution is 2.34. The fourth-order valence-electron chi connectivity index (χ4n) is 4.59. The number of esters is 1. The predicted octanol–water partition coefficient (Wildman–Crippen LogP) is 7.37. The average molecular weight is 684 g/mol. The van der Waals surface area contributed by atoms with Gasteiger partial charge >= 0.3 is 12.1 Å². The zero-order valence-electron chi connectivity index (χ0n) is 25.7. The van der Waals surface area contributed by atoms with Crippen LogP contribution in [-0.2, 0) is 20.9 Å². The molecule has 0 aliphatic carbocycles. The summed E-state index contributed by atoms with van der Waals surface area (Å²) in [6.45, 7) is 13.0. The van der Waals surface area contributed by atoms with Crippen molar-refractivity contribution in [2.75, 3.05) is 7.11 Å². The topological polar surface area (TPSA) is 124 Å². The molecule has 0 aliphatic heterocycles. The number of nitrogens with one attached hydrogen (secondary N) is 1. The molecule has 1 amide bonds. The van der Waals surface area contributed by atoms with Crippen molar-refractivity contribution in [3.63, 3.8) is 0 Å². The summed E-state index contributed by atoms with van der Waals surface area (Å²) < 4.78 is 18.3. The third kappa shape index (κ3) is 8.40. The van der Waals surface area contributed by atoms with Crippen molar-refractivity contribution in [1.29, 1.82) is 5.26 Å². The molecule has 0 unspecified atom stereocenters. The molecule has 10 nitrogen and oxygen atoms in total. The Bertz CT molecular complexity index is 1890. The number of fused-ring (bicyclic) bond motifs is 1. The molecule has 0 saturated heterocycles. The first-order valence-electron chi connectivity index (χ1n) is 14.1. The highest BCUT2D eigenvalue weighted by molar-refractivity contribution is 9.10. The van der Waals surface area contributed by atoms with Crippen molar-refractivity contribution < 1.29 is 28.6 Å².